The first kappa shape index (κ1) is 21.0. The molecule has 0 saturated carbocycles. The Balaban J connectivity index is 1.47. The van der Waals surface area contributed by atoms with Crippen molar-refractivity contribution in [2.45, 2.75) is 6.42 Å². The number of benzene rings is 1. The molecule has 1 aliphatic heterocycles. The summed E-state index contributed by atoms with van der Waals surface area (Å²) in [6.07, 6.45) is 0.975. The lowest BCUT2D eigenvalue weighted by Crippen LogP contribution is -2.47. The van der Waals surface area contributed by atoms with E-state index in [1.807, 2.05) is 24.1 Å². The van der Waals surface area contributed by atoms with Crippen molar-refractivity contribution in [3.05, 3.63) is 51.2 Å². The summed E-state index contributed by atoms with van der Waals surface area (Å²) in [5.41, 5.74) is 0.662. The van der Waals surface area contributed by atoms with Gasteiger partial charge in [0.25, 0.3) is 5.56 Å². The molecule has 1 aromatic carbocycles. The number of anilines is 2. The van der Waals surface area contributed by atoms with E-state index in [1.54, 1.807) is 14.2 Å². The molecule has 1 aliphatic rings. The number of nitrogens with zero attached hydrogens (tertiary/aromatic N) is 5. The maximum atomic E-state index is 12.1. The van der Waals surface area contributed by atoms with E-state index in [-0.39, 0.29) is 11.2 Å². The van der Waals surface area contributed by atoms with Crippen LogP contribution in [0.4, 0.5) is 11.5 Å². The first-order chi connectivity index (χ1) is 13.9. The van der Waals surface area contributed by atoms with Crippen molar-refractivity contribution in [1.82, 2.24) is 14.0 Å². The van der Waals surface area contributed by atoms with Gasteiger partial charge in [0.2, 0.25) is 0 Å². The van der Waals surface area contributed by atoms with Crippen molar-refractivity contribution in [3.63, 3.8) is 0 Å². The number of rotatable bonds is 7. The lowest BCUT2D eigenvalue weighted by molar-refractivity contribution is 0.256. The van der Waals surface area contributed by atoms with Crippen molar-refractivity contribution in [2.75, 3.05) is 63.2 Å². The van der Waals surface area contributed by atoms with Crippen molar-refractivity contribution in [2.24, 2.45) is 14.1 Å². The molecule has 2 aromatic rings. The van der Waals surface area contributed by atoms with Crippen LogP contribution in [0.25, 0.3) is 0 Å². The molecule has 1 saturated heterocycles. The normalized spacial score (nSPS) is 14.8. The van der Waals surface area contributed by atoms with Gasteiger partial charge < -0.3 is 14.5 Å². The van der Waals surface area contributed by atoms with Gasteiger partial charge in [-0.05, 0) is 37.2 Å². The van der Waals surface area contributed by atoms with Crippen LogP contribution in [0, 0.1) is 0 Å². The molecule has 0 radical (unpaired) electrons. The van der Waals surface area contributed by atoms with Gasteiger partial charge in [0.15, 0.2) is 0 Å². The van der Waals surface area contributed by atoms with Crippen molar-refractivity contribution >= 4 is 11.5 Å². The third-order valence-corrected chi connectivity index (χ3v) is 5.67. The molecule has 29 heavy (non-hydrogen) atoms. The van der Waals surface area contributed by atoms with Crippen LogP contribution in [0.1, 0.15) is 6.42 Å². The van der Waals surface area contributed by atoms with E-state index in [9.17, 15) is 9.59 Å². The van der Waals surface area contributed by atoms with Crippen LogP contribution >= 0.6 is 0 Å². The topological polar surface area (TPSA) is 63.0 Å². The third-order valence-electron chi connectivity index (χ3n) is 5.67. The van der Waals surface area contributed by atoms with Crippen LogP contribution in [0.5, 0.6) is 5.75 Å². The summed E-state index contributed by atoms with van der Waals surface area (Å²) in [7, 11) is 6.81. The molecular formula is C21H31N5O3. The lowest BCUT2D eigenvalue weighted by atomic mass is 10.2. The van der Waals surface area contributed by atoms with Gasteiger partial charge in [0, 0.05) is 65.6 Å². The molecule has 1 fully saturated rings. The van der Waals surface area contributed by atoms with Crippen molar-refractivity contribution in [3.8, 4) is 5.75 Å². The molecule has 3 rings (SSSR count). The quantitative estimate of drug-likeness (QED) is 0.682. The molecule has 0 spiro atoms. The smallest absolute Gasteiger partial charge is 0.332 e. The minimum atomic E-state index is -0.297. The monoisotopic (exact) mass is 401 g/mol. The zero-order chi connectivity index (χ0) is 21.0. The predicted molar refractivity (Wildman–Crippen MR) is 116 cm³/mol. The van der Waals surface area contributed by atoms with Crippen LogP contribution in [-0.2, 0) is 14.1 Å². The highest BCUT2D eigenvalue weighted by atomic mass is 16.5. The number of methoxy groups -OCH3 is 1. The summed E-state index contributed by atoms with van der Waals surface area (Å²) < 4.78 is 7.87. The van der Waals surface area contributed by atoms with Crippen LogP contribution in [0.15, 0.2) is 39.9 Å². The second kappa shape index (κ2) is 9.17. The second-order valence-corrected chi connectivity index (χ2v) is 7.54. The highest BCUT2D eigenvalue weighted by Crippen LogP contribution is 2.20. The summed E-state index contributed by atoms with van der Waals surface area (Å²) in [6.45, 7) is 5.86. The van der Waals surface area contributed by atoms with Crippen LogP contribution < -0.4 is 25.8 Å². The Morgan fingerprint density at radius 3 is 2.28 bits per heavy atom. The first-order valence-corrected chi connectivity index (χ1v) is 10.00. The average Bonchev–Trinajstić information content (AvgIpc) is 2.75. The van der Waals surface area contributed by atoms with Gasteiger partial charge in [-0.2, -0.15) is 0 Å². The zero-order valence-corrected chi connectivity index (χ0v) is 17.8. The molecule has 1 aromatic heterocycles. The molecule has 0 unspecified atom stereocenters. The van der Waals surface area contributed by atoms with Crippen LogP contribution in [0.2, 0.25) is 0 Å². The highest BCUT2D eigenvalue weighted by molar-refractivity contribution is 5.49. The van der Waals surface area contributed by atoms with Gasteiger partial charge in [0.1, 0.15) is 11.6 Å². The second-order valence-electron chi connectivity index (χ2n) is 7.54. The molecule has 0 aliphatic carbocycles. The number of piperazine rings is 1. The maximum Gasteiger partial charge on any atom is 0.332 e. The Morgan fingerprint density at radius 1 is 1.00 bits per heavy atom. The molecule has 158 valence electrons. The van der Waals surface area contributed by atoms with Crippen molar-refractivity contribution < 1.29 is 4.74 Å². The largest absolute Gasteiger partial charge is 0.497 e. The zero-order valence-electron chi connectivity index (χ0n) is 17.8. The maximum absolute atomic E-state index is 12.1. The Labute approximate surface area is 171 Å². The SMILES string of the molecule is COc1ccc(N2CCN(CCCN(C)c3cc(=O)n(C)c(=O)n3C)CC2)cc1. The van der Waals surface area contributed by atoms with Gasteiger partial charge in [-0.25, -0.2) is 4.79 Å². The molecule has 0 N–H and O–H groups in total. The summed E-state index contributed by atoms with van der Waals surface area (Å²) in [5, 5.41) is 0. The number of hydrogen-bond acceptors (Lipinski definition) is 6. The summed E-state index contributed by atoms with van der Waals surface area (Å²) in [4.78, 5) is 30.9. The van der Waals surface area contributed by atoms with Gasteiger partial charge in [-0.3, -0.25) is 18.8 Å². The van der Waals surface area contributed by atoms with E-state index in [0.717, 1.165) is 56.0 Å². The Kier molecular flexibility index (Phi) is 6.64. The van der Waals surface area contributed by atoms with Crippen LogP contribution in [0.3, 0.4) is 0 Å². The van der Waals surface area contributed by atoms with Crippen molar-refractivity contribution in [1.29, 1.82) is 0 Å². The van der Waals surface area contributed by atoms with Gasteiger partial charge >= 0.3 is 5.69 Å². The molecule has 0 amide bonds. The van der Waals surface area contributed by atoms with E-state index in [1.165, 1.54) is 23.4 Å². The predicted octanol–water partition coefficient (Wildman–Crippen LogP) is 0.741. The van der Waals surface area contributed by atoms with E-state index in [4.69, 9.17) is 4.74 Å². The van der Waals surface area contributed by atoms with E-state index < -0.39 is 0 Å². The van der Waals surface area contributed by atoms with Gasteiger partial charge in [-0.1, -0.05) is 0 Å². The molecule has 0 atom stereocenters. The fourth-order valence-electron chi connectivity index (χ4n) is 3.76. The fraction of sp³-hybridized carbons (Fsp3) is 0.524. The molecular weight excluding hydrogens is 370 g/mol. The van der Waals surface area contributed by atoms with Crippen LogP contribution in [-0.4, -0.2) is 67.5 Å². The summed E-state index contributed by atoms with van der Waals surface area (Å²) in [6, 6.07) is 9.74. The summed E-state index contributed by atoms with van der Waals surface area (Å²) >= 11 is 0. The fourth-order valence-corrected chi connectivity index (χ4v) is 3.76. The minimum absolute atomic E-state index is 0.274. The van der Waals surface area contributed by atoms with Gasteiger partial charge in [-0.15, -0.1) is 0 Å². The van der Waals surface area contributed by atoms with Gasteiger partial charge in [0.05, 0.1) is 7.11 Å². The molecule has 0 bridgehead atoms. The number of ether oxygens (including phenoxy) is 1. The Bertz CT molecular complexity index is 927. The van der Waals surface area contributed by atoms with E-state index in [0.29, 0.717) is 5.82 Å². The number of hydrogen-bond donors (Lipinski definition) is 0. The van der Waals surface area contributed by atoms with E-state index >= 15 is 0 Å². The molecule has 2 heterocycles. The number of aromatic nitrogens is 2. The molecule has 8 nitrogen and oxygen atoms in total. The Hall–Kier alpha value is -2.74. The minimum Gasteiger partial charge on any atom is -0.497 e. The standard InChI is InChI=1S/C21H31N5O3/c1-22(19-16-20(27)24(3)21(28)23(19)2)10-5-11-25-12-14-26(15-13-25)17-6-8-18(29-4)9-7-17/h6-9,16H,5,10-15H2,1-4H3. The Morgan fingerprint density at radius 2 is 1.66 bits per heavy atom. The summed E-state index contributed by atoms with van der Waals surface area (Å²) in [5.74, 6) is 1.53. The lowest BCUT2D eigenvalue weighted by Gasteiger charge is -2.36. The highest BCUT2D eigenvalue weighted by Gasteiger charge is 2.17. The van der Waals surface area contributed by atoms with E-state index in [2.05, 4.69) is 21.9 Å². The third kappa shape index (κ3) is 4.82. The first-order valence-electron chi connectivity index (χ1n) is 10.00. The molecule has 8 heteroatoms. The average molecular weight is 402 g/mol.